The summed E-state index contributed by atoms with van der Waals surface area (Å²) in [6.45, 7) is 1.76. The van der Waals surface area contributed by atoms with Gasteiger partial charge in [0.05, 0.1) is 25.6 Å². The van der Waals surface area contributed by atoms with E-state index in [0.717, 1.165) is 0 Å². The molecule has 41 heavy (non-hydrogen) atoms. The van der Waals surface area contributed by atoms with Gasteiger partial charge < -0.3 is 29.4 Å². The van der Waals surface area contributed by atoms with Gasteiger partial charge in [-0.3, -0.25) is 14.2 Å². The number of carbonyl (C=O) groups excluding carboxylic acids is 2. The van der Waals surface area contributed by atoms with Crippen molar-refractivity contribution in [2.24, 2.45) is 0 Å². The second-order valence-corrected chi connectivity index (χ2v) is 9.12. The van der Waals surface area contributed by atoms with E-state index in [2.05, 4.69) is 20.3 Å². The minimum atomic E-state index is -4.83. The topological polar surface area (TPSA) is 147 Å². The van der Waals surface area contributed by atoms with Crippen LogP contribution in [0.4, 0.5) is 19.0 Å². The number of nitrogens with one attached hydrogen (secondary N) is 1. The van der Waals surface area contributed by atoms with E-state index in [1.165, 1.54) is 12.7 Å². The van der Waals surface area contributed by atoms with Gasteiger partial charge >= 0.3 is 6.18 Å². The molecule has 1 fully saturated rings. The highest BCUT2D eigenvalue weighted by atomic mass is 19.4. The van der Waals surface area contributed by atoms with Gasteiger partial charge in [-0.1, -0.05) is 25.1 Å². The standard InChI is InChI=1S/C26H30F3N5O7/c1-2-17-20(36)21(40-15-39-12-11-38-10-6-9-18(35)26(27,28)29)25(41-17)34-14-32-19-22(30-13-31-23(19)34)33-24(37)16-7-4-3-5-8-16/h3-5,7-8,13-14,17,20-21,25,36H,2,6,9-12,15H2,1H3,(H,30,31,33,37)/t17-,20+,21?,25-/m1/s1. The van der Waals surface area contributed by atoms with E-state index in [0.29, 0.717) is 23.1 Å². The third kappa shape index (κ3) is 7.62. The van der Waals surface area contributed by atoms with Gasteiger partial charge in [-0.2, -0.15) is 13.2 Å². The molecule has 1 unspecified atom stereocenters. The first-order valence-corrected chi connectivity index (χ1v) is 12.9. The first-order chi connectivity index (χ1) is 19.7. The number of ketones is 1. The Kier molecular flexibility index (Phi) is 10.3. The number of halogens is 3. The minimum Gasteiger partial charge on any atom is -0.388 e. The van der Waals surface area contributed by atoms with Crippen LogP contribution in [0.15, 0.2) is 43.0 Å². The van der Waals surface area contributed by atoms with E-state index in [1.54, 1.807) is 34.9 Å². The first-order valence-electron chi connectivity index (χ1n) is 12.9. The molecule has 1 aromatic carbocycles. The number of fused-ring (bicyclic) bond motifs is 1. The number of rotatable bonds is 14. The highest BCUT2D eigenvalue weighted by Gasteiger charge is 2.45. The Morgan fingerprint density at radius 3 is 2.59 bits per heavy atom. The van der Waals surface area contributed by atoms with Gasteiger partial charge in [0.1, 0.15) is 25.3 Å². The quantitative estimate of drug-likeness (QED) is 0.215. The summed E-state index contributed by atoms with van der Waals surface area (Å²) in [5.74, 6) is -1.94. The molecule has 1 aliphatic heterocycles. The van der Waals surface area contributed by atoms with E-state index in [1.807, 2.05) is 6.92 Å². The van der Waals surface area contributed by atoms with Gasteiger partial charge in [0, 0.05) is 18.6 Å². The zero-order valence-electron chi connectivity index (χ0n) is 22.1. The van der Waals surface area contributed by atoms with Crippen LogP contribution in [0, 0.1) is 0 Å². The average Bonchev–Trinajstić information content (AvgIpc) is 3.53. The Hall–Kier alpha value is -3.50. The van der Waals surface area contributed by atoms with Crippen LogP contribution in [-0.2, 0) is 23.7 Å². The van der Waals surface area contributed by atoms with Crippen molar-refractivity contribution in [3.05, 3.63) is 48.5 Å². The van der Waals surface area contributed by atoms with Crippen molar-refractivity contribution in [3.63, 3.8) is 0 Å². The third-order valence-electron chi connectivity index (χ3n) is 6.34. The molecule has 2 aromatic heterocycles. The maximum atomic E-state index is 12.6. The van der Waals surface area contributed by atoms with Gasteiger partial charge in [0.15, 0.2) is 23.2 Å². The number of nitrogens with zero attached hydrogens (tertiary/aromatic N) is 4. The average molecular weight is 582 g/mol. The molecule has 0 saturated carbocycles. The molecule has 0 radical (unpaired) electrons. The predicted molar refractivity (Wildman–Crippen MR) is 137 cm³/mol. The van der Waals surface area contributed by atoms with Gasteiger partial charge in [-0.25, -0.2) is 15.0 Å². The Balaban J connectivity index is 1.33. The summed E-state index contributed by atoms with van der Waals surface area (Å²) in [6, 6.07) is 8.63. The van der Waals surface area contributed by atoms with E-state index in [4.69, 9.17) is 18.9 Å². The Bertz CT molecular complexity index is 1310. The van der Waals surface area contributed by atoms with E-state index in [-0.39, 0.29) is 44.8 Å². The van der Waals surface area contributed by atoms with Crippen LogP contribution >= 0.6 is 0 Å². The number of benzene rings is 1. The summed E-state index contributed by atoms with van der Waals surface area (Å²) < 4.78 is 60.6. The van der Waals surface area contributed by atoms with Crippen molar-refractivity contribution in [1.29, 1.82) is 0 Å². The molecule has 222 valence electrons. The number of imidazole rings is 1. The Morgan fingerprint density at radius 1 is 1.10 bits per heavy atom. The second-order valence-electron chi connectivity index (χ2n) is 9.12. The lowest BCUT2D eigenvalue weighted by Crippen LogP contribution is -2.34. The molecular weight excluding hydrogens is 551 g/mol. The number of amides is 1. The normalized spacial score (nSPS) is 20.9. The molecule has 12 nitrogen and oxygen atoms in total. The van der Waals surface area contributed by atoms with Crippen LogP contribution in [0.5, 0.6) is 0 Å². The van der Waals surface area contributed by atoms with Gasteiger partial charge in [0.2, 0.25) is 5.78 Å². The molecule has 4 atom stereocenters. The summed E-state index contributed by atoms with van der Waals surface area (Å²) in [5.41, 5.74) is 1.12. The molecule has 3 aromatic rings. The third-order valence-corrected chi connectivity index (χ3v) is 6.34. The zero-order valence-corrected chi connectivity index (χ0v) is 22.1. The fourth-order valence-corrected chi connectivity index (χ4v) is 4.24. The number of Topliss-reactive ketones (excluding diaryl/α,β-unsaturated/α-hetero) is 1. The fraction of sp³-hybridized carbons (Fsp3) is 0.500. The molecule has 0 spiro atoms. The van der Waals surface area contributed by atoms with Gasteiger partial charge in [-0.15, -0.1) is 0 Å². The summed E-state index contributed by atoms with van der Waals surface area (Å²) in [5, 5.41) is 13.6. The number of hydrogen-bond acceptors (Lipinski definition) is 10. The van der Waals surface area contributed by atoms with Crippen molar-refractivity contribution in [2.75, 3.05) is 31.9 Å². The lowest BCUT2D eigenvalue weighted by atomic mass is 10.1. The molecular formula is C26H30F3N5O7. The van der Waals surface area contributed by atoms with Crippen molar-refractivity contribution >= 4 is 28.7 Å². The summed E-state index contributed by atoms with van der Waals surface area (Å²) in [6.07, 6.45) is -5.49. The number of alkyl halides is 3. The highest BCUT2D eigenvalue weighted by Crippen LogP contribution is 2.35. The number of hydrogen-bond donors (Lipinski definition) is 2. The van der Waals surface area contributed by atoms with Crippen molar-refractivity contribution in [1.82, 2.24) is 19.5 Å². The molecule has 1 saturated heterocycles. The molecule has 2 N–H and O–H groups in total. The second kappa shape index (κ2) is 13.9. The first kappa shape index (κ1) is 30.5. The van der Waals surface area contributed by atoms with Crippen molar-refractivity contribution < 1.29 is 46.8 Å². The van der Waals surface area contributed by atoms with Crippen LogP contribution in [-0.4, -0.2) is 87.4 Å². The molecule has 3 heterocycles. The van der Waals surface area contributed by atoms with Crippen molar-refractivity contribution in [3.8, 4) is 0 Å². The molecule has 1 aliphatic rings. The molecule has 1 amide bonds. The maximum Gasteiger partial charge on any atom is 0.449 e. The van der Waals surface area contributed by atoms with Gasteiger partial charge in [0.25, 0.3) is 5.91 Å². The Morgan fingerprint density at radius 2 is 1.85 bits per heavy atom. The molecule has 0 aliphatic carbocycles. The summed E-state index contributed by atoms with van der Waals surface area (Å²) in [7, 11) is 0. The Labute approximate surface area is 232 Å². The molecule has 15 heteroatoms. The smallest absolute Gasteiger partial charge is 0.388 e. The van der Waals surface area contributed by atoms with Crippen LogP contribution in [0.2, 0.25) is 0 Å². The minimum absolute atomic E-state index is 0.0230. The van der Waals surface area contributed by atoms with E-state index in [9.17, 15) is 27.9 Å². The number of anilines is 1. The summed E-state index contributed by atoms with van der Waals surface area (Å²) >= 11 is 0. The number of aromatic nitrogens is 4. The number of carbonyl (C=O) groups is 2. The fourth-order valence-electron chi connectivity index (χ4n) is 4.24. The highest BCUT2D eigenvalue weighted by molar-refractivity contribution is 6.06. The zero-order chi connectivity index (χ0) is 29.4. The predicted octanol–water partition coefficient (Wildman–Crippen LogP) is 3.03. The van der Waals surface area contributed by atoms with Gasteiger partial charge in [-0.05, 0) is 25.0 Å². The maximum absolute atomic E-state index is 12.6. The largest absolute Gasteiger partial charge is 0.449 e. The lowest BCUT2D eigenvalue weighted by Gasteiger charge is -2.22. The number of ether oxygens (including phenoxy) is 4. The van der Waals surface area contributed by atoms with Crippen LogP contribution in [0.1, 0.15) is 42.8 Å². The molecule has 0 bridgehead atoms. The monoisotopic (exact) mass is 581 g/mol. The SMILES string of the molecule is CC[C@H]1O[C@@H](n2cnc3c(NC(=O)c4ccccc4)ncnc32)C(OCOCCOCCCC(=O)C(F)(F)F)[C@H]1O. The van der Waals surface area contributed by atoms with Crippen LogP contribution < -0.4 is 5.32 Å². The summed E-state index contributed by atoms with van der Waals surface area (Å²) in [4.78, 5) is 36.3. The number of aliphatic hydroxyl groups excluding tert-OH is 1. The van der Waals surface area contributed by atoms with Crippen LogP contribution in [0.3, 0.4) is 0 Å². The number of aliphatic hydroxyl groups is 1. The van der Waals surface area contributed by atoms with Crippen LogP contribution in [0.25, 0.3) is 11.2 Å². The lowest BCUT2D eigenvalue weighted by molar-refractivity contribution is -0.171. The van der Waals surface area contributed by atoms with Crippen molar-refractivity contribution in [2.45, 2.75) is 56.9 Å². The van der Waals surface area contributed by atoms with E-state index >= 15 is 0 Å². The van der Waals surface area contributed by atoms with E-state index < -0.39 is 42.9 Å². The molecule has 4 rings (SSSR count).